The molecule has 5 nitrogen and oxygen atoms in total. The normalized spacial score (nSPS) is 12.6. The summed E-state index contributed by atoms with van der Waals surface area (Å²) in [5, 5.41) is 0. The van der Waals surface area contributed by atoms with Crippen molar-refractivity contribution in [2.24, 2.45) is 0 Å². The van der Waals surface area contributed by atoms with E-state index in [0.717, 1.165) is 16.7 Å². The van der Waals surface area contributed by atoms with E-state index in [0.29, 0.717) is 11.1 Å². The number of esters is 1. The van der Waals surface area contributed by atoms with E-state index in [1.54, 1.807) is 24.3 Å². The second-order valence-corrected chi connectivity index (χ2v) is 7.90. The first-order chi connectivity index (χ1) is 11.7. The molecule has 0 aliphatic heterocycles. The zero-order valence-corrected chi connectivity index (χ0v) is 15.7. The second kappa shape index (κ2) is 7.80. The summed E-state index contributed by atoms with van der Waals surface area (Å²) in [6.45, 7) is 5.80. The van der Waals surface area contributed by atoms with Crippen LogP contribution in [0.4, 0.5) is 0 Å². The van der Waals surface area contributed by atoms with Crippen LogP contribution in [0.25, 0.3) is 0 Å². The van der Waals surface area contributed by atoms with Crippen molar-refractivity contribution in [2.45, 2.75) is 32.6 Å². The molecule has 0 saturated heterocycles. The lowest BCUT2D eigenvalue weighted by molar-refractivity contribution is 0.0600. The van der Waals surface area contributed by atoms with Crippen LogP contribution in [0.5, 0.6) is 0 Å². The number of methoxy groups -OCH3 is 1. The Kier molecular flexibility index (Phi) is 5.98. The number of aryl methyl sites for hydroxylation is 2. The number of ether oxygens (including phenoxy) is 1. The van der Waals surface area contributed by atoms with E-state index in [1.165, 1.54) is 7.11 Å². The molecule has 0 fully saturated rings. The summed E-state index contributed by atoms with van der Waals surface area (Å²) >= 11 is 0. The zero-order chi connectivity index (χ0) is 18.6. The minimum atomic E-state index is -3.51. The summed E-state index contributed by atoms with van der Waals surface area (Å²) in [5.41, 5.74) is 4.14. The fraction of sp³-hybridized carbons (Fsp3) is 0.316. The minimum Gasteiger partial charge on any atom is -0.465 e. The quantitative estimate of drug-likeness (QED) is 0.802. The summed E-state index contributed by atoms with van der Waals surface area (Å²) in [6, 6.07) is 12.0. The van der Waals surface area contributed by atoms with Crippen molar-refractivity contribution in [2.75, 3.05) is 7.11 Å². The molecule has 0 aromatic heterocycles. The molecule has 0 saturated carbocycles. The highest BCUT2D eigenvalue weighted by Gasteiger charge is 2.18. The molecule has 0 bridgehead atoms. The van der Waals surface area contributed by atoms with Gasteiger partial charge in [0.15, 0.2) is 0 Å². The molecule has 6 heteroatoms. The molecule has 0 unspecified atom stereocenters. The molecule has 0 aliphatic rings. The molecule has 25 heavy (non-hydrogen) atoms. The van der Waals surface area contributed by atoms with Crippen LogP contribution in [0.1, 0.15) is 45.6 Å². The van der Waals surface area contributed by atoms with Gasteiger partial charge in [0.05, 0.1) is 18.4 Å². The number of benzene rings is 2. The van der Waals surface area contributed by atoms with Crippen LogP contribution in [0, 0.1) is 13.8 Å². The van der Waals surface area contributed by atoms with Crippen molar-refractivity contribution in [1.29, 1.82) is 0 Å². The molecular formula is C19H23NO4S. The van der Waals surface area contributed by atoms with E-state index in [4.69, 9.17) is 0 Å². The van der Waals surface area contributed by atoms with Crippen molar-refractivity contribution >= 4 is 16.0 Å². The van der Waals surface area contributed by atoms with Gasteiger partial charge in [-0.05, 0) is 49.6 Å². The molecule has 0 heterocycles. The highest BCUT2D eigenvalue weighted by molar-refractivity contribution is 7.88. The second-order valence-electron chi connectivity index (χ2n) is 6.15. The van der Waals surface area contributed by atoms with E-state index in [2.05, 4.69) is 9.46 Å². The summed E-state index contributed by atoms with van der Waals surface area (Å²) in [6.07, 6.45) is 0. The lowest BCUT2D eigenvalue weighted by atomic mass is 10.0. The third-order valence-corrected chi connectivity index (χ3v) is 5.41. The van der Waals surface area contributed by atoms with Crippen molar-refractivity contribution in [3.63, 3.8) is 0 Å². The number of sulfonamides is 1. The fourth-order valence-electron chi connectivity index (χ4n) is 2.76. The fourth-order valence-corrected chi connectivity index (χ4v) is 4.14. The molecule has 2 rings (SSSR count). The topological polar surface area (TPSA) is 72.5 Å². The first kappa shape index (κ1) is 19.1. The van der Waals surface area contributed by atoms with Gasteiger partial charge in [0, 0.05) is 6.04 Å². The van der Waals surface area contributed by atoms with Crippen molar-refractivity contribution in [3.05, 3.63) is 70.3 Å². The highest BCUT2D eigenvalue weighted by atomic mass is 32.2. The Morgan fingerprint density at radius 1 is 1.12 bits per heavy atom. The maximum absolute atomic E-state index is 12.4. The van der Waals surface area contributed by atoms with E-state index in [-0.39, 0.29) is 11.8 Å². The first-order valence-corrected chi connectivity index (χ1v) is 9.61. The van der Waals surface area contributed by atoms with Crippen LogP contribution in [-0.2, 0) is 20.5 Å². The van der Waals surface area contributed by atoms with Gasteiger partial charge in [-0.3, -0.25) is 0 Å². The van der Waals surface area contributed by atoms with E-state index >= 15 is 0 Å². The Labute approximate surface area is 149 Å². The van der Waals surface area contributed by atoms with Gasteiger partial charge in [-0.25, -0.2) is 17.9 Å². The molecule has 1 atom stereocenters. The summed E-state index contributed by atoms with van der Waals surface area (Å²) in [7, 11) is -2.21. The maximum Gasteiger partial charge on any atom is 0.337 e. The Hall–Kier alpha value is -2.18. The van der Waals surface area contributed by atoms with Crippen LogP contribution in [-0.4, -0.2) is 21.5 Å². The average Bonchev–Trinajstić information content (AvgIpc) is 2.53. The minimum absolute atomic E-state index is 0.149. The maximum atomic E-state index is 12.4. The van der Waals surface area contributed by atoms with E-state index in [9.17, 15) is 13.2 Å². The molecule has 2 aromatic carbocycles. The smallest absolute Gasteiger partial charge is 0.337 e. The largest absolute Gasteiger partial charge is 0.465 e. The van der Waals surface area contributed by atoms with E-state index in [1.807, 2.05) is 39.0 Å². The zero-order valence-electron chi connectivity index (χ0n) is 14.9. The van der Waals surface area contributed by atoms with Gasteiger partial charge in [-0.15, -0.1) is 0 Å². The van der Waals surface area contributed by atoms with Crippen LogP contribution < -0.4 is 4.72 Å². The Morgan fingerprint density at radius 2 is 1.76 bits per heavy atom. The molecule has 0 radical (unpaired) electrons. The Balaban J connectivity index is 2.09. The standard InChI is InChI=1S/C19H23NO4S/c1-13-5-10-18(14(2)11-13)15(3)20-25(22,23)12-16-6-8-17(9-7-16)19(21)24-4/h5-11,15,20H,12H2,1-4H3/t15-/m0/s1. The average molecular weight is 361 g/mol. The first-order valence-electron chi connectivity index (χ1n) is 7.96. The van der Waals surface area contributed by atoms with Gasteiger partial charge in [-0.2, -0.15) is 0 Å². The number of nitrogens with one attached hydrogen (secondary N) is 1. The van der Waals surface area contributed by atoms with Crippen LogP contribution in [0.15, 0.2) is 42.5 Å². The predicted molar refractivity (Wildman–Crippen MR) is 97.9 cm³/mol. The molecule has 0 aliphatic carbocycles. The Morgan fingerprint density at radius 3 is 2.32 bits per heavy atom. The van der Waals surface area contributed by atoms with Crippen LogP contribution >= 0.6 is 0 Å². The van der Waals surface area contributed by atoms with Crippen molar-refractivity contribution in [1.82, 2.24) is 4.72 Å². The van der Waals surface area contributed by atoms with Gasteiger partial charge in [-0.1, -0.05) is 35.9 Å². The molecule has 0 spiro atoms. The number of carbonyl (C=O) groups excluding carboxylic acids is 1. The number of hydrogen-bond acceptors (Lipinski definition) is 4. The third kappa shape index (κ3) is 5.14. The van der Waals surface area contributed by atoms with Crippen molar-refractivity contribution < 1.29 is 17.9 Å². The monoisotopic (exact) mass is 361 g/mol. The predicted octanol–water partition coefficient (Wildman–Crippen LogP) is 3.27. The summed E-state index contributed by atoms with van der Waals surface area (Å²) < 4.78 is 32.2. The van der Waals surface area contributed by atoms with E-state index < -0.39 is 16.0 Å². The molecule has 1 N–H and O–H groups in total. The highest BCUT2D eigenvalue weighted by Crippen LogP contribution is 2.20. The van der Waals surface area contributed by atoms with Gasteiger partial charge in [0.1, 0.15) is 0 Å². The summed E-state index contributed by atoms with van der Waals surface area (Å²) in [5.74, 6) is -0.597. The molecule has 134 valence electrons. The third-order valence-electron chi connectivity index (χ3n) is 3.98. The lowest BCUT2D eigenvalue weighted by Gasteiger charge is -2.17. The van der Waals surface area contributed by atoms with Crippen LogP contribution in [0.3, 0.4) is 0 Å². The lowest BCUT2D eigenvalue weighted by Crippen LogP contribution is -2.28. The SMILES string of the molecule is COC(=O)c1ccc(CS(=O)(=O)N[C@@H](C)c2ccc(C)cc2C)cc1. The number of hydrogen-bond donors (Lipinski definition) is 1. The molecule has 2 aromatic rings. The van der Waals surface area contributed by atoms with Gasteiger partial charge >= 0.3 is 5.97 Å². The Bertz CT molecular complexity index is 857. The van der Waals surface area contributed by atoms with Gasteiger partial charge in [0.2, 0.25) is 10.0 Å². The van der Waals surface area contributed by atoms with Crippen molar-refractivity contribution in [3.8, 4) is 0 Å². The molecular weight excluding hydrogens is 338 g/mol. The molecule has 0 amide bonds. The number of carbonyl (C=O) groups is 1. The van der Waals surface area contributed by atoms with Crippen LogP contribution in [0.2, 0.25) is 0 Å². The number of rotatable bonds is 6. The summed E-state index contributed by atoms with van der Waals surface area (Å²) in [4.78, 5) is 11.4. The van der Waals surface area contributed by atoms with Gasteiger partial charge in [0.25, 0.3) is 0 Å². The van der Waals surface area contributed by atoms with Gasteiger partial charge < -0.3 is 4.74 Å².